The minimum Gasteiger partial charge on any atom is -0.299 e. The third-order valence-electron chi connectivity index (χ3n) is 3.74. The van der Waals surface area contributed by atoms with E-state index in [4.69, 9.17) is 11.6 Å². The van der Waals surface area contributed by atoms with Gasteiger partial charge >= 0.3 is 0 Å². The predicted octanol–water partition coefficient (Wildman–Crippen LogP) is 3.58. The fourth-order valence-electron chi connectivity index (χ4n) is 2.75. The van der Waals surface area contributed by atoms with Crippen molar-refractivity contribution in [1.29, 1.82) is 0 Å². The molecule has 1 atom stereocenters. The Morgan fingerprint density at radius 1 is 1.32 bits per heavy atom. The Kier molecular flexibility index (Phi) is 3.34. The van der Waals surface area contributed by atoms with E-state index in [2.05, 4.69) is 17.1 Å². The molecule has 3 rings (SSSR count). The number of hydrogen-bond donors (Lipinski definition) is 0. The summed E-state index contributed by atoms with van der Waals surface area (Å²) in [6, 6.07) is 10.0. The summed E-state index contributed by atoms with van der Waals surface area (Å²) in [6.07, 6.45) is 5.57. The van der Waals surface area contributed by atoms with Crippen molar-refractivity contribution in [3.05, 3.63) is 64.4 Å². The molecule has 1 aromatic carbocycles. The van der Waals surface area contributed by atoms with Gasteiger partial charge in [0.15, 0.2) is 0 Å². The molecule has 3 heteroatoms. The minimum atomic E-state index is 0.0282. The molecule has 0 aliphatic heterocycles. The number of carbonyl (C=O) groups excluding carboxylic acids is 1. The number of carbonyl (C=O) groups is 1. The van der Waals surface area contributed by atoms with Gasteiger partial charge in [0.25, 0.3) is 0 Å². The summed E-state index contributed by atoms with van der Waals surface area (Å²) in [4.78, 5) is 16.4. The number of aromatic nitrogens is 1. The van der Waals surface area contributed by atoms with Gasteiger partial charge in [-0.25, -0.2) is 0 Å². The van der Waals surface area contributed by atoms with E-state index in [1.54, 1.807) is 12.4 Å². The molecule has 1 aliphatic carbocycles. The molecule has 96 valence electrons. The van der Waals surface area contributed by atoms with E-state index in [1.807, 2.05) is 18.2 Å². The second-order valence-electron chi connectivity index (χ2n) is 4.90. The van der Waals surface area contributed by atoms with Crippen molar-refractivity contribution in [2.24, 2.45) is 0 Å². The molecule has 1 unspecified atom stereocenters. The van der Waals surface area contributed by atoms with Crippen molar-refractivity contribution >= 4 is 17.4 Å². The quantitative estimate of drug-likeness (QED) is 0.854. The molecule has 0 spiro atoms. The molecule has 0 fully saturated rings. The van der Waals surface area contributed by atoms with Crippen molar-refractivity contribution in [1.82, 2.24) is 4.98 Å². The lowest BCUT2D eigenvalue weighted by Crippen LogP contribution is -2.13. The Morgan fingerprint density at radius 3 is 3.00 bits per heavy atom. The average molecular weight is 272 g/mol. The first kappa shape index (κ1) is 12.4. The maximum Gasteiger partial charge on any atom is 0.144 e. The van der Waals surface area contributed by atoms with Gasteiger partial charge < -0.3 is 0 Å². The number of rotatable bonds is 3. The van der Waals surface area contributed by atoms with Crippen molar-refractivity contribution in [3.8, 4) is 0 Å². The average Bonchev–Trinajstić information content (AvgIpc) is 2.85. The molecule has 1 aliphatic rings. The summed E-state index contributed by atoms with van der Waals surface area (Å²) in [5, 5.41) is 0.571. The van der Waals surface area contributed by atoms with Crippen LogP contribution < -0.4 is 0 Å². The van der Waals surface area contributed by atoms with Gasteiger partial charge in [-0.1, -0.05) is 35.9 Å². The smallest absolute Gasteiger partial charge is 0.144 e. The Hall–Kier alpha value is -1.67. The predicted molar refractivity (Wildman–Crippen MR) is 75.5 cm³/mol. The number of aryl methyl sites for hydroxylation is 1. The number of hydrogen-bond acceptors (Lipinski definition) is 2. The second-order valence-corrected chi connectivity index (χ2v) is 5.31. The van der Waals surface area contributed by atoms with Crippen molar-refractivity contribution in [2.45, 2.75) is 25.2 Å². The SMILES string of the molecule is O=C(Cc1ccncc1Cl)C1CCc2ccccc21. The van der Waals surface area contributed by atoms with Gasteiger partial charge in [0.1, 0.15) is 5.78 Å². The molecule has 0 amide bonds. The van der Waals surface area contributed by atoms with Crippen LogP contribution in [0.4, 0.5) is 0 Å². The minimum absolute atomic E-state index is 0.0282. The first-order valence-corrected chi connectivity index (χ1v) is 6.82. The highest BCUT2D eigenvalue weighted by molar-refractivity contribution is 6.31. The van der Waals surface area contributed by atoms with Crippen LogP contribution in [-0.4, -0.2) is 10.8 Å². The standard InChI is InChI=1S/C16H14ClNO/c17-15-10-18-8-7-12(15)9-16(19)14-6-5-11-3-1-2-4-13(11)14/h1-4,7-8,10,14H,5-6,9H2. The first-order valence-electron chi connectivity index (χ1n) is 6.44. The van der Waals surface area contributed by atoms with Gasteiger partial charge in [-0.05, 0) is 35.6 Å². The maximum atomic E-state index is 12.5. The van der Waals surface area contributed by atoms with E-state index in [9.17, 15) is 4.79 Å². The fourth-order valence-corrected chi connectivity index (χ4v) is 2.94. The van der Waals surface area contributed by atoms with Crippen LogP contribution in [0.3, 0.4) is 0 Å². The van der Waals surface area contributed by atoms with Crippen molar-refractivity contribution in [2.75, 3.05) is 0 Å². The molecule has 1 heterocycles. The lowest BCUT2D eigenvalue weighted by atomic mass is 9.93. The van der Waals surface area contributed by atoms with Gasteiger partial charge in [-0.2, -0.15) is 0 Å². The molecule has 2 aromatic rings. The maximum absolute atomic E-state index is 12.5. The fraction of sp³-hybridized carbons (Fsp3) is 0.250. The highest BCUT2D eigenvalue weighted by atomic mass is 35.5. The normalized spacial score (nSPS) is 17.2. The molecule has 19 heavy (non-hydrogen) atoms. The lowest BCUT2D eigenvalue weighted by Gasteiger charge is -2.11. The van der Waals surface area contributed by atoms with E-state index in [0.29, 0.717) is 11.4 Å². The second kappa shape index (κ2) is 5.14. The zero-order valence-electron chi connectivity index (χ0n) is 10.5. The molecule has 0 N–H and O–H groups in total. The summed E-state index contributed by atoms with van der Waals surface area (Å²) in [5.41, 5.74) is 3.37. The molecule has 0 radical (unpaired) electrons. The molecule has 1 aromatic heterocycles. The van der Waals surface area contributed by atoms with Crippen LogP contribution >= 0.6 is 11.6 Å². The Labute approximate surface area is 117 Å². The van der Waals surface area contributed by atoms with E-state index in [-0.39, 0.29) is 11.7 Å². The van der Waals surface area contributed by atoms with Crippen molar-refractivity contribution < 1.29 is 4.79 Å². The van der Waals surface area contributed by atoms with Crippen LogP contribution in [0.25, 0.3) is 0 Å². The monoisotopic (exact) mass is 271 g/mol. The number of ketones is 1. The highest BCUT2D eigenvalue weighted by Crippen LogP contribution is 2.34. The van der Waals surface area contributed by atoms with E-state index >= 15 is 0 Å². The summed E-state index contributed by atoms with van der Waals surface area (Å²) >= 11 is 6.06. The molecule has 2 nitrogen and oxygen atoms in total. The number of pyridine rings is 1. The van der Waals surface area contributed by atoms with Gasteiger partial charge in [-0.3, -0.25) is 9.78 Å². The summed E-state index contributed by atoms with van der Waals surface area (Å²) < 4.78 is 0. The highest BCUT2D eigenvalue weighted by Gasteiger charge is 2.28. The summed E-state index contributed by atoms with van der Waals surface area (Å²) in [6.45, 7) is 0. The van der Waals surface area contributed by atoms with E-state index < -0.39 is 0 Å². The van der Waals surface area contributed by atoms with Crippen LogP contribution in [0.1, 0.15) is 29.0 Å². The molecular formula is C16H14ClNO. The number of halogens is 1. The van der Waals surface area contributed by atoms with Crippen molar-refractivity contribution in [3.63, 3.8) is 0 Å². The number of fused-ring (bicyclic) bond motifs is 1. The summed E-state index contributed by atoms with van der Waals surface area (Å²) in [7, 11) is 0. The van der Waals surface area contributed by atoms with Crippen LogP contribution in [-0.2, 0) is 17.6 Å². The largest absolute Gasteiger partial charge is 0.299 e. The zero-order valence-corrected chi connectivity index (χ0v) is 11.2. The molecule has 0 saturated carbocycles. The topological polar surface area (TPSA) is 30.0 Å². The zero-order chi connectivity index (χ0) is 13.2. The van der Waals surface area contributed by atoms with Gasteiger partial charge in [0.2, 0.25) is 0 Å². The first-order chi connectivity index (χ1) is 9.25. The number of nitrogens with zero attached hydrogens (tertiary/aromatic N) is 1. The van der Waals surface area contributed by atoms with Crippen LogP contribution in [0, 0.1) is 0 Å². The Morgan fingerprint density at radius 2 is 2.16 bits per heavy atom. The molecular weight excluding hydrogens is 258 g/mol. The lowest BCUT2D eigenvalue weighted by molar-refractivity contribution is -0.119. The van der Waals surface area contributed by atoms with E-state index in [1.165, 1.54) is 11.1 Å². The molecule has 0 bridgehead atoms. The summed E-state index contributed by atoms with van der Waals surface area (Å²) in [5.74, 6) is 0.276. The third-order valence-corrected chi connectivity index (χ3v) is 4.08. The van der Waals surface area contributed by atoms with Gasteiger partial charge in [0.05, 0.1) is 5.02 Å². The van der Waals surface area contributed by atoms with Gasteiger partial charge in [0, 0.05) is 24.7 Å². The van der Waals surface area contributed by atoms with Gasteiger partial charge in [-0.15, -0.1) is 0 Å². The van der Waals surface area contributed by atoms with Crippen LogP contribution in [0.15, 0.2) is 42.7 Å². The molecule has 0 saturated heterocycles. The third kappa shape index (κ3) is 2.41. The Bertz CT molecular complexity index is 624. The number of benzene rings is 1. The van der Waals surface area contributed by atoms with Crippen LogP contribution in [0.2, 0.25) is 5.02 Å². The number of Topliss-reactive ketones (excluding diaryl/α,β-unsaturated/α-hetero) is 1. The Balaban J connectivity index is 1.81. The van der Waals surface area contributed by atoms with Crippen LogP contribution in [0.5, 0.6) is 0 Å². The van der Waals surface area contributed by atoms with E-state index in [0.717, 1.165) is 18.4 Å².